The van der Waals surface area contributed by atoms with Crippen molar-refractivity contribution in [1.29, 1.82) is 0 Å². The number of amides is 2. The lowest BCUT2D eigenvalue weighted by molar-refractivity contribution is -0.115. The molecule has 0 aliphatic rings. The predicted molar refractivity (Wildman–Crippen MR) is 133 cm³/mol. The number of hydrogen-bond acceptors (Lipinski definition) is 4. The highest BCUT2D eigenvalue weighted by atomic mass is 79.9. The van der Waals surface area contributed by atoms with Crippen LogP contribution in [-0.4, -0.2) is 23.5 Å². The predicted octanol–water partition coefficient (Wildman–Crippen LogP) is 5.88. The third kappa shape index (κ3) is 8.67. The van der Waals surface area contributed by atoms with Crippen molar-refractivity contribution in [3.05, 3.63) is 52.5 Å². The van der Waals surface area contributed by atoms with Gasteiger partial charge in [-0.1, -0.05) is 33.1 Å². The van der Waals surface area contributed by atoms with Crippen LogP contribution in [-0.2, 0) is 4.79 Å². The van der Waals surface area contributed by atoms with Gasteiger partial charge in [0, 0.05) is 23.4 Å². The summed E-state index contributed by atoms with van der Waals surface area (Å²) in [5.74, 6) is 0.339. The Balaban J connectivity index is 1.85. The average Bonchev–Trinajstić information content (AvgIpc) is 2.75. The molecule has 0 bridgehead atoms. The van der Waals surface area contributed by atoms with Gasteiger partial charge in [0.25, 0.3) is 5.91 Å². The van der Waals surface area contributed by atoms with E-state index in [1.54, 1.807) is 49.4 Å². The number of unbranched alkanes of at least 4 members (excludes halogenated alkanes) is 3. The lowest BCUT2D eigenvalue weighted by Crippen LogP contribution is -2.34. The van der Waals surface area contributed by atoms with Gasteiger partial charge < -0.3 is 15.4 Å². The van der Waals surface area contributed by atoms with E-state index in [0.29, 0.717) is 35.7 Å². The van der Waals surface area contributed by atoms with Gasteiger partial charge in [-0.3, -0.25) is 14.9 Å². The summed E-state index contributed by atoms with van der Waals surface area (Å²) < 4.78 is 6.50. The van der Waals surface area contributed by atoms with Crippen molar-refractivity contribution in [3.8, 4) is 5.75 Å². The smallest absolute Gasteiger partial charge is 0.257 e. The number of ether oxygens (including phenoxy) is 1. The number of benzene rings is 2. The van der Waals surface area contributed by atoms with Gasteiger partial charge in [-0.2, -0.15) is 0 Å². The molecule has 0 radical (unpaired) electrons. The van der Waals surface area contributed by atoms with Crippen LogP contribution in [0.25, 0.3) is 0 Å². The third-order valence-corrected chi connectivity index (χ3v) is 5.25. The summed E-state index contributed by atoms with van der Waals surface area (Å²) in [5.41, 5.74) is 1.87. The molecule has 0 fully saturated rings. The van der Waals surface area contributed by atoms with Crippen molar-refractivity contribution in [2.45, 2.75) is 46.0 Å². The average molecular weight is 506 g/mol. The van der Waals surface area contributed by atoms with Crippen LogP contribution in [0, 0.1) is 0 Å². The summed E-state index contributed by atoms with van der Waals surface area (Å²) in [7, 11) is 0. The normalized spacial score (nSPS) is 10.3. The molecule has 0 aliphatic heterocycles. The van der Waals surface area contributed by atoms with E-state index in [1.807, 2.05) is 0 Å². The molecule has 0 spiro atoms. The second kappa shape index (κ2) is 13.1. The van der Waals surface area contributed by atoms with Gasteiger partial charge in [-0.05, 0) is 77.0 Å². The maximum absolute atomic E-state index is 12.5. The quantitative estimate of drug-likeness (QED) is 0.277. The van der Waals surface area contributed by atoms with Gasteiger partial charge >= 0.3 is 0 Å². The van der Waals surface area contributed by atoms with E-state index >= 15 is 0 Å². The van der Waals surface area contributed by atoms with Crippen molar-refractivity contribution < 1.29 is 14.3 Å². The van der Waals surface area contributed by atoms with Crippen LogP contribution in [0.15, 0.2) is 46.9 Å². The van der Waals surface area contributed by atoms with Crippen LogP contribution in [0.1, 0.15) is 56.3 Å². The van der Waals surface area contributed by atoms with E-state index in [4.69, 9.17) is 17.0 Å². The summed E-state index contributed by atoms with van der Waals surface area (Å²) in [5, 5.41) is 8.58. The van der Waals surface area contributed by atoms with Crippen molar-refractivity contribution >= 4 is 56.4 Å². The first-order valence-electron chi connectivity index (χ1n) is 10.4. The summed E-state index contributed by atoms with van der Waals surface area (Å²) in [6.07, 6.45) is 4.96. The second-order valence-electron chi connectivity index (χ2n) is 6.94. The maximum Gasteiger partial charge on any atom is 0.257 e. The fraction of sp³-hybridized carbons (Fsp3) is 0.348. The lowest BCUT2D eigenvalue weighted by atomic mass is 10.2. The van der Waals surface area contributed by atoms with Crippen LogP contribution in [0.5, 0.6) is 5.75 Å². The number of anilines is 2. The van der Waals surface area contributed by atoms with Crippen molar-refractivity contribution in [3.63, 3.8) is 0 Å². The first-order chi connectivity index (χ1) is 14.9. The molecule has 2 amide bonds. The van der Waals surface area contributed by atoms with Crippen LogP contribution in [0.3, 0.4) is 0 Å². The van der Waals surface area contributed by atoms with E-state index in [2.05, 4.69) is 38.8 Å². The zero-order chi connectivity index (χ0) is 22.6. The molecular formula is C23H28BrN3O3S. The third-order valence-electron chi connectivity index (χ3n) is 4.42. The molecule has 0 heterocycles. The van der Waals surface area contributed by atoms with Crippen molar-refractivity contribution in [2.75, 3.05) is 17.2 Å². The second-order valence-corrected chi connectivity index (χ2v) is 8.20. The molecular weight excluding hydrogens is 478 g/mol. The van der Waals surface area contributed by atoms with E-state index in [0.717, 1.165) is 17.3 Å². The Labute approximate surface area is 197 Å². The fourth-order valence-electron chi connectivity index (χ4n) is 2.69. The molecule has 166 valence electrons. The van der Waals surface area contributed by atoms with E-state index < -0.39 is 0 Å². The minimum absolute atomic E-state index is 0.0532. The summed E-state index contributed by atoms with van der Waals surface area (Å²) in [6.45, 7) is 4.62. The molecule has 0 aromatic heterocycles. The zero-order valence-electron chi connectivity index (χ0n) is 17.8. The minimum Gasteiger partial charge on any atom is -0.492 e. The first kappa shape index (κ1) is 24.8. The summed E-state index contributed by atoms with van der Waals surface area (Å²) in [6, 6.07) is 12.3. The number of thiocarbonyl (C=S) groups is 1. The van der Waals surface area contributed by atoms with Gasteiger partial charge in [0.2, 0.25) is 5.91 Å². The highest BCUT2D eigenvalue weighted by Crippen LogP contribution is 2.26. The molecule has 6 nitrogen and oxygen atoms in total. The van der Waals surface area contributed by atoms with Gasteiger partial charge in [-0.25, -0.2) is 0 Å². The van der Waals surface area contributed by atoms with Crippen LogP contribution < -0.4 is 20.7 Å². The van der Waals surface area contributed by atoms with Crippen LogP contribution in [0.4, 0.5) is 11.4 Å². The Kier molecular flexibility index (Phi) is 10.5. The summed E-state index contributed by atoms with van der Waals surface area (Å²) >= 11 is 8.70. The Morgan fingerprint density at radius 1 is 0.968 bits per heavy atom. The molecule has 0 aliphatic carbocycles. The van der Waals surface area contributed by atoms with E-state index in [1.165, 1.54) is 12.8 Å². The molecule has 31 heavy (non-hydrogen) atoms. The maximum atomic E-state index is 12.5. The van der Waals surface area contributed by atoms with Crippen LogP contribution >= 0.6 is 28.1 Å². The molecule has 2 aromatic rings. The Bertz CT molecular complexity index is 903. The number of carbonyl (C=O) groups is 2. The first-order valence-corrected chi connectivity index (χ1v) is 11.6. The van der Waals surface area contributed by atoms with Gasteiger partial charge in [-0.15, -0.1) is 0 Å². The topological polar surface area (TPSA) is 79.5 Å². The van der Waals surface area contributed by atoms with Crippen molar-refractivity contribution in [1.82, 2.24) is 5.32 Å². The highest BCUT2D eigenvalue weighted by molar-refractivity contribution is 9.10. The molecule has 2 aromatic carbocycles. The van der Waals surface area contributed by atoms with E-state index in [-0.39, 0.29) is 16.9 Å². The molecule has 0 unspecified atom stereocenters. The SMILES string of the molecule is CCCCCCOc1ccc(C(=O)NC(=S)Nc2ccc(NC(=O)CC)cc2)cc1Br. The summed E-state index contributed by atoms with van der Waals surface area (Å²) in [4.78, 5) is 23.9. The standard InChI is InChI=1S/C23H28BrN3O3S/c1-3-5-6-7-14-30-20-13-8-16(15-19(20)24)22(29)27-23(31)26-18-11-9-17(10-12-18)25-21(28)4-2/h8-13,15H,3-7,14H2,1-2H3,(H,25,28)(H2,26,27,29,31). The lowest BCUT2D eigenvalue weighted by Gasteiger charge is -2.12. The van der Waals surface area contributed by atoms with Gasteiger partial charge in [0.05, 0.1) is 11.1 Å². The molecule has 3 N–H and O–H groups in total. The number of nitrogens with one attached hydrogen (secondary N) is 3. The molecule has 2 rings (SSSR count). The Hall–Kier alpha value is -2.45. The Morgan fingerprint density at radius 2 is 1.65 bits per heavy atom. The van der Waals surface area contributed by atoms with Crippen molar-refractivity contribution in [2.24, 2.45) is 0 Å². The van der Waals surface area contributed by atoms with E-state index in [9.17, 15) is 9.59 Å². The number of hydrogen-bond donors (Lipinski definition) is 3. The van der Waals surface area contributed by atoms with Crippen LogP contribution in [0.2, 0.25) is 0 Å². The zero-order valence-corrected chi connectivity index (χ0v) is 20.2. The molecule has 0 saturated heterocycles. The minimum atomic E-state index is -0.320. The number of carbonyl (C=O) groups excluding carboxylic acids is 2. The fourth-order valence-corrected chi connectivity index (χ4v) is 3.40. The largest absolute Gasteiger partial charge is 0.492 e. The number of rotatable bonds is 10. The molecule has 0 atom stereocenters. The monoisotopic (exact) mass is 505 g/mol. The van der Waals surface area contributed by atoms with Gasteiger partial charge in [0.1, 0.15) is 5.75 Å². The Morgan fingerprint density at radius 3 is 2.26 bits per heavy atom. The highest BCUT2D eigenvalue weighted by Gasteiger charge is 2.11. The molecule has 0 saturated carbocycles. The molecule has 8 heteroatoms. The number of halogens is 1. The van der Waals surface area contributed by atoms with Gasteiger partial charge in [0.15, 0.2) is 5.11 Å².